The molecule has 2 heterocycles. The second-order valence-electron chi connectivity index (χ2n) is 4.32. The van der Waals surface area contributed by atoms with Crippen molar-refractivity contribution in [3.63, 3.8) is 0 Å². The van der Waals surface area contributed by atoms with Crippen LogP contribution in [0, 0.1) is 0 Å². The van der Waals surface area contributed by atoms with Gasteiger partial charge < -0.3 is 10.6 Å². The minimum absolute atomic E-state index is 0.0393. The van der Waals surface area contributed by atoms with E-state index in [-0.39, 0.29) is 5.91 Å². The molecule has 0 bridgehead atoms. The van der Waals surface area contributed by atoms with Gasteiger partial charge in [-0.15, -0.1) is 0 Å². The monoisotopic (exact) mass is 234 g/mol. The zero-order chi connectivity index (χ0) is 12.3. The molecule has 0 aromatic carbocycles. The standard InChI is InChI=1S/C12H18N4O/c1-9(10-7-13-8-10)12(17)14-5-3-11-4-6-16(2)15-11/h4,6,13H,3,5,7-8H2,1-2H3,(H,14,17). The highest BCUT2D eigenvalue weighted by molar-refractivity contribution is 5.93. The molecule has 0 spiro atoms. The molecule has 5 heteroatoms. The Morgan fingerprint density at radius 2 is 2.35 bits per heavy atom. The Hall–Kier alpha value is -1.62. The Bertz CT molecular complexity index is 441. The van der Waals surface area contributed by atoms with Crippen molar-refractivity contribution >= 4 is 5.91 Å². The van der Waals surface area contributed by atoms with Crippen molar-refractivity contribution < 1.29 is 4.79 Å². The second-order valence-corrected chi connectivity index (χ2v) is 4.32. The van der Waals surface area contributed by atoms with Crippen molar-refractivity contribution in [2.75, 3.05) is 19.6 Å². The lowest BCUT2D eigenvalue weighted by Gasteiger charge is -2.21. The highest BCUT2D eigenvalue weighted by atomic mass is 16.1. The van der Waals surface area contributed by atoms with Gasteiger partial charge in [-0.2, -0.15) is 5.10 Å². The van der Waals surface area contributed by atoms with E-state index >= 15 is 0 Å². The van der Waals surface area contributed by atoms with E-state index in [1.807, 2.05) is 26.2 Å². The fourth-order valence-electron chi connectivity index (χ4n) is 1.71. The number of nitrogens with zero attached hydrogens (tertiary/aromatic N) is 2. The Labute approximate surface area is 101 Å². The van der Waals surface area contributed by atoms with Gasteiger partial charge in [0.05, 0.1) is 5.69 Å². The highest BCUT2D eigenvalue weighted by Crippen LogP contribution is 2.08. The molecule has 0 aliphatic carbocycles. The third-order valence-corrected chi connectivity index (χ3v) is 2.98. The molecule has 5 nitrogen and oxygen atoms in total. The van der Waals surface area contributed by atoms with Crippen LogP contribution in [0.1, 0.15) is 12.6 Å². The number of carbonyl (C=O) groups excluding carboxylic acids is 1. The van der Waals surface area contributed by atoms with Gasteiger partial charge in [0.2, 0.25) is 5.91 Å². The maximum atomic E-state index is 11.8. The first-order valence-corrected chi connectivity index (χ1v) is 5.83. The van der Waals surface area contributed by atoms with E-state index in [1.54, 1.807) is 4.68 Å². The Balaban J connectivity index is 1.77. The summed E-state index contributed by atoms with van der Waals surface area (Å²) in [6, 6.07) is 1.97. The molecule has 0 saturated carbocycles. The van der Waals surface area contributed by atoms with Gasteiger partial charge in [-0.25, -0.2) is 0 Å². The summed E-state index contributed by atoms with van der Waals surface area (Å²) in [5.74, 6) is 0.0393. The van der Waals surface area contributed by atoms with Gasteiger partial charge in [0, 0.05) is 44.9 Å². The molecule has 1 amide bonds. The molecule has 0 unspecified atom stereocenters. The number of nitrogens with one attached hydrogen (secondary N) is 2. The van der Waals surface area contributed by atoms with E-state index < -0.39 is 0 Å². The van der Waals surface area contributed by atoms with Crippen LogP contribution in [-0.2, 0) is 18.3 Å². The van der Waals surface area contributed by atoms with Crippen molar-refractivity contribution in [3.05, 3.63) is 29.1 Å². The smallest absolute Gasteiger partial charge is 0.246 e. The molecule has 1 aliphatic heterocycles. The zero-order valence-corrected chi connectivity index (χ0v) is 10.3. The summed E-state index contributed by atoms with van der Waals surface area (Å²) in [5, 5.41) is 10.3. The first-order chi connectivity index (χ1) is 8.16. The molecular weight excluding hydrogens is 216 g/mol. The SMILES string of the molecule is CC(C(=O)NCCc1ccn(C)n1)=C1CNC1. The van der Waals surface area contributed by atoms with Crippen LogP contribution < -0.4 is 10.6 Å². The molecule has 0 radical (unpaired) electrons. The van der Waals surface area contributed by atoms with Crippen LogP contribution >= 0.6 is 0 Å². The van der Waals surface area contributed by atoms with Crippen LogP contribution in [0.25, 0.3) is 0 Å². The molecule has 1 saturated heterocycles. The largest absolute Gasteiger partial charge is 0.352 e. The summed E-state index contributed by atoms with van der Waals surface area (Å²) in [5.41, 5.74) is 3.06. The Morgan fingerprint density at radius 1 is 1.59 bits per heavy atom. The van der Waals surface area contributed by atoms with Crippen LogP contribution in [0.15, 0.2) is 23.4 Å². The van der Waals surface area contributed by atoms with Crippen LogP contribution in [0.5, 0.6) is 0 Å². The van der Waals surface area contributed by atoms with Crippen LogP contribution in [0.3, 0.4) is 0 Å². The van der Waals surface area contributed by atoms with E-state index in [2.05, 4.69) is 15.7 Å². The molecule has 0 atom stereocenters. The lowest BCUT2D eigenvalue weighted by molar-refractivity contribution is -0.117. The van der Waals surface area contributed by atoms with Gasteiger partial charge in [-0.05, 0) is 18.6 Å². The van der Waals surface area contributed by atoms with E-state index in [9.17, 15) is 4.79 Å². The summed E-state index contributed by atoms with van der Waals surface area (Å²) >= 11 is 0. The predicted octanol–water partition coefficient (Wildman–Crippen LogP) is -0.00150. The van der Waals surface area contributed by atoms with E-state index in [4.69, 9.17) is 0 Å². The number of amides is 1. The van der Waals surface area contributed by atoms with E-state index in [1.165, 1.54) is 5.57 Å². The van der Waals surface area contributed by atoms with Gasteiger partial charge in [0.15, 0.2) is 0 Å². The minimum atomic E-state index is 0.0393. The topological polar surface area (TPSA) is 59.0 Å². The van der Waals surface area contributed by atoms with Crippen LogP contribution in [-0.4, -0.2) is 35.3 Å². The minimum Gasteiger partial charge on any atom is -0.352 e. The lowest BCUT2D eigenvalue weighted by Crippen LogP contribution is -2.38. The predicted molar refractivity (Wildman–Crippen MR) is 65.5 cm³/mol. The number of hydrogen-bond donors (Lipinski definition) is 2. The number of hydrogen-bond acceptors (Lipinski definition) is 3. The molecule has 17 heavy (non-hydrogen) atoms. The van der Waals surface area contributed by atoms with E-state index in [0.29, 0.717) is 6.54 Å². The summed E-state index contributed by atoms with van der Waals surface area (Å²) in [6.45, 7) is 4.21. The molecule has 1 aliphatic rings. The van der Waals surface area contributed by atoms with E-state index in [0.717, 1.165) is 30.8 Å². The third kappa shape index (κ3) is 2.94. The maximum Gasteiger partial charge on any atom is 0.246 e. The molecule has 1 aromatic heterocycles. The zero-order valence-electron chi connectivity index (χ0n) is 10.3. The number of aryl methyl sites for hydroxylation is 1. The van der Waals surface area contributed by atoms with Crippen molar-refractivity contribution in [2.24, 2.45) is 7.05 Å². The van der Waals surface area contributed by atoms with Gasteiger partial charge in [0.25, 0.3) is 0 Å². The summed E-state index contributed by atoms with van der Waals surface area (Å²) < 4.78 is 1.77. The highest BCUT2D eigenvalue weighted by Gasteiger charge is 2.15. The molecular formula is C12H18N4O. The van der Waals surface area contributed by atoms with Crippen molar-refractivity contribution in [1.82, 2.24) is 20.4 Å². The van der Waals surface area contributed by atoms with Crippen LogP contribution in [0.4, 0.5) is 0 Å². The fraction of sp³-hybridized carbons (Fsp3) is 0.500. The summed E-state index contributed by atoms with van der Waals surface area (Å²) in [7, 11) is 1.89. The summed E-state index contributed by atoms with van der Waals surface area (Å²) in [4.78, 5) is 11.8. The Kier molecular flexibility index (Phi) is 3.58. The maximum absolute atomic E-state index is 11.8. The van der Waals surface area contributed by atoms with Crippen molar-refractivity contribution in [1.29, 1.82) is 0 Å². The number of carbonyl (C=O) groups is 1. The van der Waals surface area contributed by atoms with Gasteiger partial charge in [-0.3, -0.25) is 9.48 Å². The number of rotatable bonds is 4. The normalized spacial score (nSPS) is 14.4. The molecule has 2 rings (SSSR count). The average molecular weight is 234 g/mol. The van der Waals surface area contributed by atoms with Gasteiger partial charge in [0.1, 0.15) is 0 Å². The van der Waals surface area contributed by atoms with Gasteiger partial charge in [-0.1, -0.05) is 0 Å². The number of aromatic nitrogens is 2. The Morgan fingerprint density at radius 3 is 2.88 bits per heavy atom. The molecule has 1 aromatic rings. The van der Waals surface area contributed by atoms with Crippen molar-refractivity contribution in [3.8, 4) is 0 Å². The molecule has 2 N–H and O–H groups in total. The average Bonchev–Trinajstić information content (AvgIpc) is 2.61. The van der Waals surface area contributed by atoms with Crippen molar-refractivity contribution in [2.45, 2.75) is 13.3 Å². The molecule has 1 fully saturated rings. The third-order valence-electron chi connectivity index (χ3n) is 2.98. The van der Waals surface area contributed by atoms with Crippen LogP contribution in [0.2, 0.25) is 0 Å². The summed E-state index contributed by atoms with van der Waals surface area (Å²) in [6.07, 6.45) is 2.68. The quantitative estimate of drug-likeness (QED) is 0.721. The van der Waals surface area contributed by atoms with Gasteiger partial charge >= 0.3 is 0 Å². The lowest BCUT2D eigenvalue weighted by atomic mass is 10.0. The fourth-order valence-corrected chi connectivity index (χ4v) is 1.71. The molecule has 92 valence electrons. The first-order valence-electron chi connectivity index (χ1n) is 5.83. The first kappa shape index (κ1) is 11.9. The second kappa shape index (κ2) is 5.14.